The standard InChI is InChI=1S/C17H17FN2O3/c1-20(17(21)19-14-5-3-13(18)4-6-14)11-12-2-7-15-16(10-12)23-9-8-22-15/h2-7,10H,8-9,11H2,1H3,(H,19,21). The number of ether oxygens (including phenoxy) is 2. The molecule has 2 aromatic carbocycles. The zero-order chi connectivity index (χ0) is 16.2. The van der Waals surface area contributed by atoms with Crippen molar-refractivity contribution in [3.05, 3.63) is 53.8 Å². The molecule has 0 spiro atoms. The summed E-state index contributed by atoms with van der Waals surface area (Å²) in [7, 11) is 1.69. The number of halogens is 1. The molecule has 1 aliphatic heterocycles. The van der Waals surface area contributed by atoms with Crippen molar-refractivity contribution in [3.8, 4) is 11.5 Å². The molecule has 3 rings (SSSR count). The molecule has 0 aliphatic carbocycles. The fourth-order valence-corrected chi connectivity index (χ4v) is 2.28. The van der Waals surface area contributed by atoms with Crippen LogP contribution in [0.3, 0.4) is 0 Å². The van der Waals surface area contributed by atoms with Crippen LogP contribution < -0.4 is 14.8 Å². The summed E-state index contributed by atoms with van der Waals surface area (Å²) in [5, 5.41) is 2.72. The van der Waals surface area contributed by atoms with Gasteiger partial charge in [-0.15, -0.1) is 0 Å². The maximum atomic E-state index is 12.9. The van der Waals surface area contributed by atoms with Crippen molar-refractivity contribution >= 4 is 11.7 Å². The van der Waals surface area contributed by atoms with Crippen LogP contribution in [0.15, 0.2) is 42.5 Å². The number of fused-ring (bicyclic) bond motifs is 1. The monoisotopic (exact) mass is 316 g/mol. The van der Waals surface area contributed by atoms with Gasteiger partial charge in [-0.05, 0) is 42.0 Å². The molecule has 6 heteroatoms. The number of nitrogens with zero attached hydrogens (tertiary/aromatic N) is 1. The molecular weight excluding hydrogens is 299 g/mol. The van der Waals surface area contributed by atoms with Crippen LogP contribution in [-0.4, -0.2) is 31.2 Å². The molecule has 2 amide bonds. The van der Waals surface area contributed by atoms with Gasteiger partial charge in [0, 0.05) is 19.3 Å². The van der Waals surface area contributed by atoms with E-state index in [0.29, 0.717) is 31.2 Å². The van der Waals surface area contributed by atoms with Crippen LogP contribution in [0.2, 0.25) is 0 Å². The van der Waals surface area contributed by atoms with Crippen molar-refractivity contribution in [3.63, 3.8) is 0 Å². The number of hydrogen-bond donors (Lipinski definition) is 1. The van der Waals surface area contributed by atoms with E-state index in [2.05, 4.69) is 5.32 Å². The lowest BCUT2D eigenvalue weighted by Gasteiger charge is -2.21. The van der Waals surface area contributed by atoms with Gasteiger partial charge in [0.15, 0.2) is 11.5 Å². The number of urea groups is 1. The van der Waals surface area contributed by atoms with Crippen molar-refractivity contribution in [1.82, 2.24) is 4.90 Å². The summed E-state index contributed by atoms with van der Waals surface area (Å²) in [5.41, 5.74) is 1.48. The highest BCUT2D eigenvalue weighted by molar-refractivity contribution is 5.89. The van der Waals surface area contributed by atoms with Gasteiger partial charge in [-0.3, -0.25) is 0 Å². The number of amides is 2. The van der Waals surface area contributed by atoms with E-state index in [0.717, 1.165) is 11.3 Å². The summed E-state index contributed by atoms with van der Waals surface area (Å²) in [6.07, 6.45) is 0. The van der Waals surface area contributed by atoms with Crippen molar-refractivity contribution in [1.29, 1.82) is 0 Å². The highest BCUT2D eigenvalue weighted by Crippen LogP contribution is 2.31. The molecule has 1 heterocycles. The van der Waals surface area contributed by atoms with Gasteiger partial charge in [0.05, 0.1) is 0 Å². The third-order valence-corrected chi connectivity index (χ3v) is 3.47. The van der Waals surface area contributed by atoms with Crippen LogP contribution in [0.1, 0.15) is 5.56 Å². The van der Waals surface area contributed by atoms with Gasteiger partial charge in [-0.1, -0.05) is 6.07 Å². The molecule has 0 saturated carbocycles. The topological polar surface area (TPSA) is 50.8 Å². The van der Waals surface area contributed by atoms with Crippen molar-refractivity contribution < 1.29 is 18.7 Å². The molecule has 0 bridgehead atoms. The molecule has 0 saturated heterocycles. The highest BCUT2D eigenvalue weighted by atomic mass is 19.1. The first kappa shape index (κ1) is 15.1. The number of carbonyl (C=O) groups is 1. The van der Waals surface area contributed by atoms with E-state index < -0.39 is 0 Å². The van der Waals surface area contributed by atoms with Crippen LogP contribution in [0.25, 0.3) is 0 Å². The maximum Gasteiger partial charge on any atom is 0.321 e. The Morgan fingerprint density at radius 3 is 2.57 bits per heavy atom. The molecule has 1 aliphatic rings. The zero-order valence-electron chi connectivity index (χ0n) is 12.7. The summed E-state index contributed by atoms with van der Waals surface area (Å²) < 4.78 is 23.9. The van der Waals surface area contributed by atoms with Gasteiger partial charge in [0.2, 0.25) is 0 Å². The van der Waals surface area contributed by atoms with E-state index in [1.807, 2.05) is 18.2 Å². The fourth-order valence-electron chi connectivity index (χ4n) is 2.28. The van der Waals surface area contributed by atoms with Gasteiger partial charge in [0.25, 0.3) is 0 Å². The predicted molar refractivity (Wildman–Crippen MR) is 84.3 cm³/mol. The van der Waals surface area contributed by atoms with Crippen LogP contribution in [0.5, 0.6) is 11.5 Å². The predicted octanol–water partition coefficient (Wildman–Crippen LogP) is 3.26. The Morgan fingerprint density at radius 1 is 1.13 bits per heavy atom. The van der Waals surface area contributed by atoms with E-state index in [4.69, 9.17) is 9.47 Å². The van der Waals surface area contributed by atoms with Crippen molar-refractivity contribution in [2.45, 2.75) is 6.54 Å². The third kappa shape index (κ3) is 3.71. The minimum Gasteiger partial charge on any atom is -0.486 e. The average molecular weight is 316 g/mol. The van der Waals surface area contributed by atoms with E-state index >= 15 is 0 Å². The first-order valence-corrected chi connectivity index (χ1v) is 7.28. The van der Waals surface area contributed by atoms with Gasteiger partial charge in [0.1, 0.15) is 19.0 Å². The number of nitrogens with one attached hydrogen (secondary N) is 1. The molecule has 0 radical (unpaired) electrons. The first-order valence-electron chi connectivity index (χ1n) is 7.28. The van der Waals surface area contributed by atoms with Gasteiger partial charge >= 0.3 is 6.03 Å². The zero-order valence-corrected chi connectivity index (χ0v) is 12.7. The maximum absolute atomic E-state index is 12.9. The fraction of sp³-hybridized carbons (Fsp3) is 0.235. The van der Waals surface area contributed by atoms with Crippen LogP contribution >= 0.6 is 0 Å². The lowest BCUT2D eigenvalue weighted by Crippen LogP contribution is -2.30. The normalized spacial score (nSPS) is 12.6. The summed E-state index contributed by atoms with van der Waals surface area (Å²) in [5.74, 6) is 1.08. The lowest BCUT2D eigenvalue weighted by atomic mass is 10.2. The number of rotatable bonds is 3. The summed E-state index contributed by atoms with van der Waals surface area (Å²) in [6, 6.07) is 11.0. The summed E-state index contributed by atoms with van der Waals surface area (Å²) in [4.78, 5) is 13.7. The van der Waals surface area contributed by atoms with E-state index in [1.54, 1.807) is 7.05 Å². The van der Waals surface area contributed by atoms with Gasteiger partial charge < -0.3 is 19.7 Å². The molecule has 0 unspecified atom stereocenters. The average Bonchev–Trinajstić information content (AvgIpc) is 2.56. The van der Waals surface area contributed by atoms with Crippen molar-refractivity contribution in [2.75, 3.05) is 25.6 Å². The SMILES string of the molecule is CN(Cc1ccc2c(c1)OCCO2)C(=O)Nc1ccc(F)cc1. The molecule has 23 heavy (non-hydrogen) atoms. The second-order valence-corrected chi connectivity index (χ2v) is 5.27. The van der Waals surface area contributed by atoms with Crippen LogP contribution in [0.4, 0.5) is 14.9 Å². The minimum absolute atomic E-state index is 0.272. The van der Waals surface area contributed by atoms with E-state index in [1.165, 1.54) is 29.2 Å². The lowest BCUT2D eigenvalue weighted by molar-refractivity contribution is 0.171. The van der Waals surface area contributed by atoms with Crippen LogP contribution in [0, 0.1) is 5.82 Å². The molecular formula is C17H17FN2O3. The Bertz CT molecular complexity index is 703. The Hall–Kier alpha value is -2.76. The second kappa shape index (κ2) is 6.56. The molecule has 0 fully saturated rings. The van der Waals surface area contributed by atoms with Crippen LogP contribution in [-0.2, 0) is 6.54 Å². The van der Waals surface area contributed by atoms with Crippen molar-refractivity contribution in [2.24, 2.45) is 0 Å². The van der Waals surface area contributed by atoms with E-state index in [-0.39, 0.29) is 11.8 Å². The number of hydrogen-bond acceptors (Lipinski definition) is 3. The molecule has 120 valence electrons. The molecule has 2 aromatic rings. The second-order valence-electron chi connectivity index (χ2n) is 5.27. The van der Waals surface area contributed by atoms with Gasteiger partial charge in [-0.25, -0.2) is 9.18 Å². The largest absolute Gasteiger partial charge is 0.486 e. The molecule has 0 atom stereocenters. The Morgan fingerprint density at radius 2 is 1.83 bits per heavy atom. The Balaban J connectivity index is 1.62. The quantitative estimate of drug-likeness (QED) is 0.945. The van der Waals surface area contributed by atoms with E-state index in [9.17, 15) is 9.18 Å². The number of benzene rings is 2. The Kier molecular flexibility index (Phi) is 4.32. The highest BCUT2D eigenvalue weighted by Gasteiger charge is 2.14. The smallest absolute Gasteiger partial charge is 0.321 e. The summed E-state index contributed by atoms with van der Waals surface area (Å²) in [6.45, 7) is 1.49. The molecule has 0 aromatic heterocycles. The Labute approximate surface area is 133 Å². The minimum atomic E-state index is -0.340. The van der Waals surface area contributed by atoms with Gasteiger partial charge in [-0.2, -0.15) is 0 Å². The third-order valence-electron chi connectivity index (χ3n) is 3.47. The molecule has 1 N–H and O–H groups in total. The number of carbonyl (C=O) groups excluding carboxylic acids is 1. The first-order chi connectivity index (χ1) is 11.1. The number of anilines is 1. The summed E-state index contributed by atoms with van der Waals surface area (Å²) >= 11 is 0. The molecule has 5 nitrogen and oxygen atoms in total.